The van der Waals surface area contributed by atoms with E-state index in [1.54, 1.807) is 7.11 Å². The number of imidazole rings is 1. The third-order valence-electron chi connectivity index (χ3n) is 3.29. The predicted octanol–water partition coefficient (Wildman–Crippen LogP) is 3.76. The van der Waals surface area contributed by atoms with Gasteiger partial charge in [-0.15, -0.1) is 0 Å². The Kier molecular flexibility index (Phi) is 4.13. The van der Waals surface area contributed by atoms with E-state index < -0.39 is 0 Å². The van der Waals surface area contributed by atoms with Crippen molar-refractivity contribution in [2.75, 3.05) is 13.9 Å². The lowest BCUT2D eigenvalue weighted by Gasteiger charge is -2.10. The molecule has 114 valence electrons. The molecule has 0 radical (unpaired) electrons. The van der Waals surface area contributed by atoms with Gasteiger partial charge in [-0.1, -0.05) is 6.07 Å². The van der Waals surface area contributed by atoms with Crippen LogP contribution in [0.3, 0.4) is 0 Å². The van der Waals surface area contributed by atoms with Crippen molar-refractivity contribution in [2.24, 2.45) is 0 Å². The molecular weight excluding hydrogens is 346 g/mol. The molecule has 0 aliphatic carbocycles. The average molecular weight is 362 g/mol. The van der Waals surface area contributed by atoms with Crippen LogP contribution >= 0.6 is 15.9 Å². The number of methoxy groups -OCH3 is 1. The lowest BCUT2D eigenvalue weighted by atomic mass is 10.1. The van der Waals surface area contributed by atoms with Gasteiger partial charge in [0.2, 0.25) is 0 Å². The molecule has 0 spiro atoms. The van der Waals surface area contributed by atoms with E-state index in [4.69, 9.17) is 9.47 Å². The van der Waals surface area contributed by atoms with Crippen LogP contribution in [0.1, 0.15) is 11.3 Å². The summed E-state index contributed by atoms with van der Waals surface area (Å²) in [5.74, 6) is 0.723. The van der Waals surface area contributed by atoms with Gasteiger partial charge in [0.05, 0.1) is 22.1 Å². The van der Waals surface area contributed by atoms with Crippen molar-refractivity contribution in [1.29, 1.82) is 0 Å². The molecule has 3 rings (SSSR count). The van der Waals surface area contributed by atoms with E-state index in [9.17, 15) is 0 Å². The van der Waals surface area contributed by atoms with Crippen molar-refractivity contribution in [3.05, 3.63) is 46.2 Å². The summed E-state index contributed by atoms with van der Waals surface area (Å²) in [4.78, 5) is 4.47. The number of benzene rings is 1. The molecule has 6 heteroatoms. The van der Waals surface area contributed by atoms with Gasteiger partial charge in [0, 0.05) is 12.7 Å². The molecule has 0 unspecified atom stereocenters. The van der Waals surface area contributed by atoms with Crippen LogP contribution in [-0.2, 0) is 4.74 Å². The normalized spacial score (nSPS) is 11.1. The number of rotatable bonds is 4. The topological polar surface area (TPSA) is 48.7 Å². The average Bonchev–Trinajstić information content (AvgIpc) is 2.87. The van der Waals surface area contributed by atoms with Crippen LogP contribution in [0.5, 0.6) is 5.75 Å². The number of hydrogen-bond acceptors (Lipinski definition) is 4. The molecule has 2 heterocycles. The summed E-state index contributed by atoms with van der Waals surface area (Å²) in [7, 11) is 1.60. The Hall–Kier alpha value is -1.92. The van der Waals surface area contributed by atoms with Crippen LogP contribution in [0.25, 0.3) is 16.9 Å². The third-order valence-corrected chi connectivity index (χ3v) is 3.94. The molecule has 0 saturated heterocycles. The maximum atomic E-state index is 5.55. The first-order valence-electron chi connectivity index (χ1n) is 6.84. The molecule has 0 saturated carbocycles. The Morgan fingerprint density at radius 1 is 1.23 bits per heavy atom. The highest BCUT2D eigenvalue weighted by Crippen LogP contribution is 2.30. The molecule has 3 aromatic rings. The van der Waals surface area contributed by atoms with Crippen molar-refractivity contribution >= 4 is 21.6 Å². The molecule has 5 nitrogen and oxygen atoms in total. The van der Waals surface area contributed by atoms with Gasteiger partial charge in [-0.3, -0.25) is 0 Å². The minimum atomic E-state index is 0.203. The monoisotopic (exact) mass is 361 g/mol. The number of halogens is 1. The molecule has 0 bridgehead atoms. The van der Waals surface area contributed by atoms with Crippen LogP contribution in [-0.4, -0.2) is 28.5 Å². The van der Waals surface area contributed by atoms with Crippen molar-refractivity contribution in [2.45, 2.75) is 13.8 Å². The molecule has 22 heavy (non-hydrogen) atoms. The van der Waals surface area contributed by atoms with Gasteiger partial charge in [-0.05, 0) is 53.5 Å². The maximum Gasteiger partial charge on any atom is 0.188 e. The minimum Gasteiger partial charge on any atom is -0.466 e. The van der Waals surface area contributed by atoms with Crippen LogP contribution in [0.4, 0.5) is 0 Å². The predicted molar refractivity (Wildman–Crippen MR) is 88.1 cm³/mol. The quantitative estimate of drug-likeness (QED) is 0.663. The molecule has 0 aliphatic rings. The zero-order valence-corrected chi connectivity index (χ0v) is 14.2. The van der Waals surface area contributed by atoms with Gasteiger partial charge in [0.25, 0.3) is 0 Å². The highest BCUT2D eigenvalue weighted by Gasteiger charge is 2.10. The lowest BCUT2D eigenvalue weighted by Crippen LogP contribution is -2.00. The largest absolute Gasteiger partial charge is 0.466 e. The van der Waals surface area contributed by atoms with Crippen molar-refractivity contribution in [3.63, 3.8) is 0 Å². The molecule has 1 aromatic carbocycles. The summed E-state index contributed by atoms with van der Waals surface area (Å²) in [6.45, 7) is 4.20. The van der Waals surface area contributed by atoms with E-state index in [1.165, 1.54) is 0 Å². The highest BCUT2D eigenvalue weighted by molar-refractivity contribution is 9.10. The second-order valence-corrected chi connectivity index (χ2v) is 5.91. The van der Waals surface area contributed by atoms with E-state index in [-0.39, 0.29) is 6.79 Å². The standard InChI is InChI=1S/C16H16BrN3O2/c1-10-6-14(19-20-8-11(2)18-16(10)20)12-4-5-13(17)15(7-12)22-9-21-3/h4-8H,9H2,1-3H3. The van der Waals surface area contributed by atoms with Gasteiger partial charge in [-0.25, -0.2) is 9.50 Å². The second kappa shape index (κ2) is 6.06. The van der Waals surface area contributed by atoms with Crippen molar-refractivity contribution in [3.8, 4) is 17.0 Å². The van der Waals surface area contributed by atoms with Gasteiger partial charge in [0.1, 0.15) is 5.75 Å². The first-order chi connectivity index (χ1) is 10.6. The minimum absolute atomic E-state index is 0.203. The van der Waals surface area contributed by atoms with Crippen LogP contribution in [0.15, 0.2) is 34.9 Å². The first kappa shape index (κ1) is 15.0. The molecule has 0 fully saturated rings. The Bertz CT molecular complexity index is 830. The zero-order valence-electron chi connectivity index (χ0n) is 12.6. The summed E-state index contributed by atoms with van der Waals surface area (Å²) < 4.78 is 13.2. The summed E-state index contributed by atoms with van der Waals surface area (Å²) in [5, 5.41) is 4.63. The van der Waals surface area contributed by atoms with E-state index in [2.05, 4.69) is 26.0 Å². The smallest absolute Gasteiger partial charge is 0.188 e. The maximum absolute atomic E-state index is 5.55. The summed E-state index contributed by atoms with van der Waals surface area (Å²) >= 11 is 3.47. The summed E-state index contributed by atoms with van der Waals surface area (Å²) in [6, 6.07) is 7.92. The zero-order chi connectivity index (χ0) is 15.7. The third kappa shape index (κ3) is 2.84. The first-order valence-corrected chi connectivity index (χ1v) is 7.63. The summed E-state index contributed by atoms with van der Waals surface area (Å²) in [6.07, 6.45) is 1.92. The SMILES string of the molecule is COCOc1cc(-c2cc(C)c3nc(C)cn3n2)ccc1Br. The molecule has 2 aromatic heterocycles. The Labute approximate surface area is 137 Å². The van der Waals surface area contributed by atoms with Gasteiger partial charge in [-0.2, -0.15) is 5.10 Å². The number of hydrogen-bond donors (Lipinski definition) is 0. The Morgan fingerprint density at radius 2 is 2.05 bits per heavy atom. The van der Waals surface area contributed by atoms with Crippen LogP contribution < -0.4 is 4.74 Å². The fraction of sp³-hybridized carbons (Fsp3) is 0.250. The Balaban J connectivity index is 2.06. The van der Waals surface area contributed by atoms with Crippen LogP contribution in [0, 0.1) is 13.8 Å². The number of ether oxygens (including phenoxy) is 2. The molecule has 0 amide bonds. The number of aromatic nitrogens is 3. The van der Waals surface area contributed by atoms with Gasteiger partial charge < -0.3 is 9.47 Å². The molecule has 0 atom stereocenters. The molecular formula is C16H16BrN3O2. The van der Waals surface area contributed by atoms with E-state index in [0.29, 0.717) is 0 Å². The fourth-order valence-electron chi connectivity index (χ4n) is 2.28. The highest BCUT2D eigenvalue weighted by atomic mass is 79.9. The van der Waals surface area contributed by atoms with E-state index in [0.717, 1.165) is 38.4 Å². The van der Waals surface area contributed by atoms with Crippen molar-refractivity contribution in [1.82, 2.24) is 14.6 Å². The fourth-order valence-corrected chi connectivity index (χ4v) is 2.64. The molecule has 0 aliphatic heterocycles. The number of aryl methyl sites for hydroxylation is 2. The second-order valence-electron chi connectivity index (χ2n) is 5.06. The van der Waals surface area contributed by atoms with Crippen LogP contribution in [0.2, 0.25) is 0 Å². The van der Waals surface area contributed by atoms with E-state index >= 15 is 0 Å². The summed E-state index contributed by atoms with van der Waals surface area (Å²) in [5.41, 5.74) is 4.77. The van der Waals surface area contributed by atoms with Crippen molar-refractivity contribution < 1.29 is 9.47 Å². The number of fused-ring (bicyclic) bond motifs is 1. The Morgan fingerprint density at radius 3 is 2.82 bits per heavy atom. The van der Waals surface area contributed by atoms with E-state index in [1.807, 2.05) is 48.8 Å². The van der Waals surface area contributed by atoms with Gasteiger partial charge in [0.15, 0.2) is 12.4 Å². The number of nitrogens with zero attached hydrogens (tertiary/aromatic N) is 3. The van der Waals surface area contributed by atoms with Gasteiger partial charge >= 0.3 is 0 Å². The molecule has 0 N–H and O–H groups in total. The lowest BCUT2D eigenvalue weighted by molar-refractivity contribution is 0.0506.